The zero-order valence-corrected chi connectivity index (χ0v) is 12.5. The molecule has 0 unspecified atom stereocenters. The van der Waals surface area contributed by atoms with E-state index in [0.717, 1.165) is 32.5 Å². The van der Waals surface area contributed by atoms with Gasteiger partial charge in [0.2, 0.25) is 0 Å². The number of hydrogen-bond acceptors (Lipinski definition) is 2. The summed E-state index contributed by atoms with van der Waals surface area (Å²) in [7, 11) is 0. The maximum Gasteiger partial charge on any atom is 0.310 e. The van der Waals surface area contributed by atoms with Crippen LogP contribution in [0, 0.1) is 10.8 Å². The van der Waals surface area contributed by atoms with E-state index in [4.69, 9.17) is 0 Å². The number of nitrogens with zero attached hydrogens (tertiary/aromatic N) is 1. The predicted octanol–water partition coefficient (Wildman–Crippen LogP) is 3.39. The van der Waals surface area contributed by atoms with Crippen molar-refractivity contribution in [3.63, 3.8) is 0 Å². The molecule has 0 radical (unpaired) electrons. The lowest BCUT2D eigenvalue weighted by atomic mass is 9.76. The summed E-state index contributed by atoms with van der Waals surface area (Å²) >= 11 is 0. The van der Waals surface area contributed by atoms with Crippen molar-refractivity contribution < 1.29 is 9.90 Å². The zero-order valence-electron chi connectivity index (χ0n) is 12.5. The Hall–Kier alpha value is -0.570. The van der Waals surface area contributed by atoms with Crippen LogP contribution in [-0.2, 0) is 4.79 Å². The minimum absolute atomic E-state index is 0.473. The van der Waals surface area contributed by atoms with Gasteiger partial charge in [0.25, 0.3) is 0 Å². The Morgan fingerprint density at radius 3 is 2.06 bits per heavy atom. The Balaban J connectivity index is 2.61. The molecule has 1 saturated heterocycles. The molecule has 3 heteroatoms. The molecular formula is C15H29NO2. The van der Waals surface area contributed by atoms with E-state index in [1.54, 1.807) is 0 Å². The number of hydrogen-bond donors (Lipinski definition) is 1. The van der Waals surface area contributed by atoms with Gasteiger partial charge in [0.05, 0.1) is 5.41 Å². The van der Waals surface area contributed by atoms with Crippen LogP contribution in [0.3, 0.4) is 0 Å². The first kappa shape index (κ1) is 15.5. The van der Waals surface area contributed by atoms with Gasteiger partial charge in [0.1, 0.15) is 0 Å². The largest absolute Gasteiger partial charge is 0.481 e. The highest BCUT2D eigenvalue weighted by atomic mass is 16.4. The molecule has 0 aromatic heterocycles. The van der Waals surface area contributed by atoms with Crippen LogP contribution in [0.25, 0.3) is 0 Å². The van der Waals surface area contributed by atoms with Crippen molar-refractivity contribution in [3.8, 4) is 0 Å². The molecule has 18 heavy (non-hydrogen) atoms. The van der Waals surface area contributed by atoms with Gasteiger partial charge in [-0.15, -0.1) is 0 Å². The topological polar surface area (TPSA) is 40.5 Å². The molecule has 0 atom stereocenters. The first-order valence-corrected chi connectivity index (χ1v) is 7.37. The number of rotatable bonds is 6. The Morgan fingerprint density at radius 1 is 1.22 bits per heavy atom. The van der Waals surface area contributed by atoms with Crippen LogP contribution in [0.1, 0.15) is 59.8 Å². The quantitative estimate of drug-likeness (QED) is 0.791. The fourth-order valence-corrected chi connectivity index (χ4v) is 2.88. The molecule has 0 saturated carbocycles. The van der Waals surface area contributed by atoms with E-state index in [0.29, 0.717) is 5.41 Å². The molecule has 0 spiro atoms. The first-order valence-electron chi connectivity index (χ1n) is 7.37. The van der Waals surface area contributed by atoms with Gasteiger partial charge >= 0.3 is 5.97 Å². The van der Waals surface area contributed by atoms with Gasteiger partial charge in [-0.3, -0.25) is 4.79 Å². The van der Waals surface area contributed by atoms with Crippen molar-refractivity contribution in [1.29, 1.82) is 0 Å². The van der Waals surface area contributed by atoms with Gasteiger partial charge in [0.15, 0.2) is 0 Å². The lowest BCUT2D eigenvalue weighted by Crippen LogP contribution is -2.47. The Kier molecular flexibility index (Phi) is 5.20. The van der Waals surface area contributed by atoms with Gasteiger partial charge in [0, 0.05) is 6.54 Å². The lowest BCUT2D eigenvalue weighted by molar-refractivity contribution is -0.151. The van der Waals surface area contributed by atoms with Gasteiger partial charge < -0.3 is 10.0 Å². The summed E-state index contributed by atoms with van der Waals surface area (Å²) in [6.07, 6.45) is 5.08. The van der Waals surface area contributed by atoms with Crippen LogP contribution in [0.5, 0.6) is 0 Å². The smallest absolute Gasteiger partial charge is 0.310 e. The zero-order chi connectivity index (χ0) is 13.8. The van der Waals surface area contributed by atoms with E-state index < -0.39 is 11.4 Å². The normalized spacial score (nSPS) is 20.9. The van der Waals surface area contributed by atoms with E-state index in [1.807, 2.05) is 13.8 Å². The van der Waals surface area contributed by atoms with E-state index in [2.05, 4.69) is 18.7 Å². The number of carboxylic acids is 1. The summed E-state index contributed by atoms with van der Waals surface area (Å²) < 4.78 is 0. The summed E-state index contributed by atoms with van der Waals surface area (Å²) in [5.41, 5.74) is -0.0687. The van der Waals surface area contributed by atoms with Gasteiger partial charge in [-0.2, -0.15) is 0 Å². The van der Waals surface area contributed by atoms with E-state index >= 15 is 0 Å². The highest BCUT2D eigenvalue weighted by Gasteiger charge is 2.38. The molecule has 0 aromatic carbocycles. The second kappa shape index (κ2) is 6.05. The summed E-state index contributed by atoms with van der Waals surface area (Å²) in [5.74, 6) is -0.628. The predicted molar refractivity (Wildman–Crippen MR) is 74.7 cm³/mol. The standard InChI is InChI=1S/C15H29NO2/c1-5-14(4)8-10-16(11-9-14)12-15(6-2,7-3)13(17)18/h5-12H2,1-4H3,(H,17,18). The van der Waals surface area contributed by atoms with Crippen molar-refractivity contribution >= 4 is 5.97 Å². The molecular weight excluding hydrogens is 226 g/mol. The Morgan fingerprint density at radius 2 is 1.72 bits per heavy atom. The van der Waals surface area contributed by atoms with E-state index in [9.17, 15) is 9.90 Å². The first-order chi connectivity index (χ1) is 8.41. The third-order valence-electron chi connectivity index (χ3n) is 5.25. The summed E-state index contributed by atoms with van der Waals surface area (Å²) in [6.45, 7) is 11.4. The van der Waals surface area contributed by atoms with Crippen LogP contribution >= 0.6 is 0 Å². The third kappa shape index (κ3) is 3.25. The van der Waals surface area contributed by atoms with Crippen molar-refractivity contribution in [2.45, 2.75) is 59.8 Å². The molecule has 1 fully saturated rings. The molecule has 0 bridgehead atoms. The van der Waals surface area contributed by atoms with Gasteiger partial charge in [-0.25, -0.2) is 0 Å². The average Bonchev–Trinajstić information content (AvgIpc) is 2.38. The molecule has 1 heterocycles. The van der Waals surface area contributed by atoms with Crippen molar-refractivity contribution in [3.05, 3.63) is 0 Å². The lowest BCUT2D eigenvalue weighted by Gasteiger charge is -2.42. The SMILES string of the molecule is CCC1(C)CCN(CC(CC)(CC)C(=O)O)CC1. The van der Waals surface area contributed by atoms with Crippen LogP contribution in [0.4, 0.5) is 0 Å². The van der Waals surface area contributed by atoms with Crippen LogP contribution in [0.15, 0.2) is 0 Å². The Labute approximate surface area is 112 Å². The summed E-state index contributed by atoms with van der Waals surface area (Å²) in [6, 6.07) is 0. The highest BCUT2D eigenvalue weighted by Crippen LogP contribution is 2.36. The summed E-state index contributed by atoms with van der Waals surface area (Å²) in [4.78, 5) is 13.9. The van der Waals surface area contributed by atoms with Crippen LogP contribution < -0.4 is 0 Å². The number of likely N-dealkylation sites (tertiary alicyclic amines) is 1. The monoisotopic (exact) mass is 255 g/mol. The molecule has 106 valence electrons. The summed E-state index contributed by atoms with van der Waals surface area (Å²) in [5, 5.41) is 9.48. The molecule has 1 aliphatic heterocycles. The number of piperidine rings is 1. The maximum absolute atomic E-state index is 11.5. The third-order valence-corrected chi connectivity index (χ3v) is 5.25. The van der Waals surface area contributed by atoms with Crippen LogP contribution in [0.2, 0.25) is 0 Å². The number of carbonyl (C=O) groups is 1. The minimum Gasteiger partial charge on any atom is -0.481 e. The second-order valence-corrected chi connectivity index (χ2v) is 6.23. The minimum atomic E-state index is -0.628. The van der Waals surface area contributed by atoms with E-state index in [1.165, 1.54) is 19.3 Å². The maximum atomic E-state index is 11.5. The molecule has 1 rings (SSSR count). The number of carboxylic acid groups (broad SMARTS) is 1. The molecule has 0 aromatic rings. The second-order valence-electron chi connectivity index (χ2n) is 6.23. The van der Waals surface area contributed by atoms with Crippen molar-refractivity contribution in [1.82, 2.24) is 4.90 Å². The molecule has 0 aliphatic carbocycles. The fourth-order valence-electron chi connectivity index (χ4n) is 2.88. The fraction of sp³-hybridized carbons (Fsp3) is 0.933. The highest BCUT2D eigenvalue weighted by molar-refractivity contribution is 5.74. The molecule has 1 aliphatic rings. The number of aliphatic carboxylic acids is 1. The average molecular weight is 255 g/mol. The van der Waals surface area contributed by atoms with Gasteiger partial charge in [-0.1, -0.05) is 34.1 Å². The Bertz CT molecular complexity index is 276. The molecule has 3 nitrogen and oxygen atoms in total. The van der Waals surface area contributed by atoms with Gasteiger partial charge in [-0.05, 0) is 44.2 Å². The molecule has 0 amide bonds. The van der Waals surface area contributed by atoms with Crippen LogP contribution in [-0.4, -0.2) is 35.6 Å². The van der Waals surface area contributed by atoms with Crippen molar-refractivity contribution in [2.75, 3.05) is 19.6 Å². The van der Waals surface area contributed by atoms with Crippen molar-refractivity contribution in [2.24, 2.45) is 10.8 Å². The molecule has 1 N–H and O–H groups in total. The van der Waals surface area contributed by atoms with E-state index in [-0.39, 0.29) is 0 Å².